The Bertz CT molecular complexity index is 554. The van der Waals surface area contributed by atoms with Crippen LogP contribution in [-0.2, 0) is 14.3 Å². The van der Waals surface area contributed by atoms with Crippen molar-refractivity contribution in [3.8, 4) is 0 Å². The number of fused-ring (bicyclic) bond motifs is 1. The molecule has 0 aromatic heterocycles. The molecule has 2 saturated carbocycles. The summed E-state index contributed by atoms with van der Waals surface area (Å²) >= 11 is 0. The van der Waals surface area contributed by atoms with Gasteiger partial charge in [-0.3, -0.25) is 9.59 Å². The second kappa shape index (κ2) is 8.14. The van der Waals surface area contributed by atoms with Gasteiger partial charge in [0.05, 0.1) is 12.0 Å². The molecular formula is C22H36O4. The molecule has 0 aliphatic heterocycles. The molecule has 5 atom stereocenters. The van der Waals surface area contributed by atoms with Crippen LogP contribution in [0.25, 0.3) is 0 Å². The van der Waals surface area contributed by atoms with Gasteiger partial charge in [0, 0.05) is 6.92 Å². The maximum atomic E-state index is 12.0. The molecule has 2 aliphatic carbocycles. The summed E-state index contributed by atoms with van der Waals surface area (Å²) in [6.07, 6.45) is 7.80. The minimum atomic E-state index is -0.630. The van der Waals surface area contributed by atoms with E-state index in [2.05, 4.69) is 20.4 Å². The van der Waals surface area contributed by atoms with Crippen LogP contribution in [0.1, 0.15) is 79.1 Å². The second-order valence-corrected chi connectivity index (χ2v) is 9.20. The van der Waals surface area contributed by atoms with E-state index in [4.69, 9.17) is 4.74 Å². The minimum Gasteiger partial charge on any atom is -0.481 e. The van der Waals surface area contributed by atoms with Crippen LogP contribution in [-0.4, -0.2) is 23.7 Å². The summed E-state index contributed by atoms with van der Waals surface area (Å²) in [5.74, 6) is 0.267. The predicted molar refractivity (Wildman–Crippen MR) is 103 cm³/mol. The maximum absolute atomic E-state index is 12.0. The highest BCUT2D eigenvalue weighted by molar-refractivity contribution is 5.75. The molecule has 0 bridgehead atoms. The molecule has 0 aromatic rings. The van der Waals surface area contributed by atoms with E-state index in [9.17, 15) is 14.7 Å². The van der Waals surface area contributed by atoms with Gasteiger partial charge in [-0.25, -0.2) is 0 Å². The zero-order valence-electron chi connectivity index (χ0n) is 17.0. The standard InChI is InChI=1S/C22H36O4/c1-15(11-14-26-17(3)23)7-9-18-16(2)8-10-19-21(18,4)12-6-13-22(19,5)20(24)25/h15,18-19H,2,6-14H2,1,3-5H3,(H,24,25)/t15-,18-,19+,21+,22-/m0/s1. The number of hydrogen-bond acceptors (Lipinski definition) is 3. The molecule has 0 aromatic carbocycles. The predicted octanol–water partition coefficient (Wildman–Crippen LogP) is 5.22. The van der Waals surface area contributed by atoms with Gasteiger partial charge in [0.1, 0.15) is 0 Å². The second-order valence-electron chi connectivity index (χ2n) is 9.20. The van der Waals surface area contributed by atoms with Crippen LogP contribution < -0.4 is 0 Å². The Morgan fingerprint density at radius 2 is 2.00 bits per heavy atom. The molecule has 0 radical (unpaired) electrons. The molecule has 2 rings (SSSR count). The molecule has 148 valence electrons. The van der Waals surface area contributed by atoms with E-state index in [1.54, 1.807) is 0 Å². The zero-order chi connectivity index (χ0) is 19.5. The van der Waals surface area contributed by atoms with E-state index in [-0.39, 0.29) is 17.3 Å². The van der Waals surface area contributed by atoms with Crippen LogP contribution in [0.15, 0.2) is 12.2 Å². The number of allylic oxidation sites excluding steroid dienone is 1. The van der Waals surface area contributed by atoms with Gasteiger partial charge < -0.3 is 9.84 Å². The van der Waals surface area contributed by atoms with Crippen molar-refractivity contribution < 1.29 is 19.4 Å². The van der Waals surface area contributed by atoms with Crippen molar-refractivity contribution in [3.63, 3.8) is 0 Å². The summed E-state index contributed by atoms with van der Waals surface area (Å²) in [6, 6.07) is 0. The average Bonchev–Trinajstić information content (AvgIpc) is 2.53. The summed E-state index contributed by atoms with van der Waals surface area (Å²) in [6.45, 7) is 12.8. The van der Waals surface area contributed by atoms with Gasteiger partial charge in [0.2, 0.25) is 0 Å². The first-order valence-corrected chi connectivity index (χ1v) is 10.2. The topological polar surface area (TPSA) is 63.6 Å². The van der Waals surface area contributed by atoms with Gasteiger partial charge in [0.25, 0.3) is 0 Å². The van der Waals surface area contributed by atoms with Gasteiger partial charge >= 0.3 is 11.9 Å². The quantitative estimate of drug-likeness (QED) is 0.497. The largest absolute Gasteiger partial charge is 0.481 e. The van der Waals surface area contributed by atoms with E-state index >= 15 is 0 Å². The molecule has 4 heteroatoms. The smallest absolute Gasteiger partial charge is 0.309 e. The van der Waals surface area contributed by atoms with Crippen molar-refractivity contribution in [1.82, 2.24) is 0 Å². The number of carboxylic acid groups (broad SMARTS) is 1. The fraction of sp³-hybridized carbons (Fsp3) is 0.818. The fourth-order valence-electron chi connectivity index (χ4n) is 5.74. The van der Waals surface area contributed by atoms with E-state index < -0.39 is 11.4 Å². The van der Waals surface area contributed by atoms with Crippen molar-refractivity contribution in [2.45, 2.75) is 79.1 Å². The SMILES string of the molecule is C=C1CC[C@@H]2[C@](C)(CCC[C@]2(C)C(=O)O)[C@H]1CC[C@H](C)CCOC(C)=O. The summed E-state index contributed by atoms with van der Waals surface area (Å²) < 4.78 is 5.06. The maximum Gasteiger partial charge on any atom is 0.309 e. The Hall–Kier alpha value is -1.32. The molecule has 2 aliphatic rings. The van der Waals surface area contributed by atoms with E-state index in [0.29, 0.717) is 18.4 Å². The Labute approximate surface area is 158 Å². The van der Waals surface area contributed by atoms with E-state index in [0.717, 1.165) is 51.4 Å². The van der Waals surface area contributed by atoms with Crippen molar-refractivity contribution >= 4 is 11.9 Å². The first-order valence-electron chi connectivity index (χ1n) is 10.2. The highest BCUT2D eigenvalue weighted by atomic mass is 16.5. The van der Waals surface area contributed by atoms with Gasteiger partial charge in [-0.2, -0.15) is 0 Å². The number of ether oxygens (including phenoxy) is 1. The van der Waals surface area contributed by atoms with Gasteiger partial charge in [-0.05, 0) is 75.0 Å². The number of aliphatic carboxylic acids is 1. The molecule has 2 fully saturated rings. The van der Waals surface area contributed by atoms with Crippen molar-refractivity contribution in [2.24, 2.45) is 28.6 Å². The normalized spacial score (nSPS) is 35.5. The van der Waals surface area contributed by atoms with Gasteiger partial charge in [0.15, 0.2) is 0 Å². The first kappa shape index (κ1) is 21.0. The summed E-state index contributed by atoms with van der Waals surface area (Å²) in [5.41, 5.74) is 0.744. The lowest BCUT2D eigenvalue weighted by atomic mass is 9.46. The Morgan fingerprint density at radius 3 is 2.62 bits per heavy atom. The zero-order valence-corrected chi connectivity index (χ0v) is 17.0. The summed E-state index contributed by atoms with van der Waals surface area (Å²) in [5, 5.41) is 9.90. The summed E-state index contributed by atoms with van der Waals surface area (Å²) in [4.78, 5) is 22.9. The lowest BCUT2D eigenvalue weighted by Gasteiger charge is -2.57. The van der Waals surface area contributed by atoms with E-state index in [1.165, 1.54) is 12.5 Å². The van der Waals surface area contributed by atoms with Crippen molar-refractivity contribution in [2.75, 3.05) is 6.61 Å². The highest BCUT2D eigenvalue weighted by Gasteiger charge is 2.57. The Kier molecular flexibility index (Phi) is 6.57. The van der Waals surface area contributed by atoms with Crippen LogP contribution >= 0.6 is 0 Å². The van der Waals surface area contributed by atoms with Crippen LogP contribution in [0.2, 0.25) is 0 Å². The van der Waals surface area contributed by atoms with Crippen molar-refractivity contribution in [3.05, 3.63) is 12.2 Å². The molecule has 0 spiro atoms. The van der Waals surface area contributed by atoms with Crippen LogP contribution in [0.3, 0.4) is 0 Å². The van der Waals surface area contributed by atoms with Crippen LogP contribution in [0.5, 0.6) is 0 Å². The Balaban J connectivity index is 2.06. The molecule has 0 heterocycles. The number of esters is 1. The molecule has 0 amide bonds. The molecule has 0 unspecified atom stereocenters. The molecule has 1 N–H and O–H groups in total. The third-order valence-corrected chi connectivity index (χ3v) is 7.37. The van der Waals surface area contributed by atoms with Crippen LogP contribution in [0, 0.1) is 28.6 Å². The van der Waals surface area contributed by atoms with E-state index in [1.807, 2.05) is 6.92 Å². The highest BCUT2D eigenvalue weighted by Crippen LogP contribution is 2.62. The Morgan fingerprint density at radius 1 is 1.31 bits per heavy atom. The lowest BCUT2D eigenvalue weighted by molar-refractivity contribution is -0.164. The lowest BCUT2D eigenvalue weighted by Crippen LogP contribution is -2.53. The number of rotatable bonds is 7. The number of hydrogen-bond donors (Lipinski definition) is 1. The molecule has 4 nitrogen and oxygen atoms in total. The third kappa shape index (κ3) is 4.15. The first-order chi connectivity index (χ1) is 12.1. The monoisotopic (exact) mass is 364 g/mol. The molecule has 0 saturated heterocycles. The average molecular weight is 365 g/mol. The van der Waals surface area contributed by atoms with Crippen LogP contribution in [0.4, 0.5) is 0 Å². The number of carbonyl (C=O) groups is 2. The minimum absolute atomic E-state index is 0.0380. The van der Waals surface area contributed by atoms with Gasteiger partial charge in [-0.1, -0.05) is 32.4 Å². The fourth-order valence-corrected chi connectivity index (χ4v) is 5.74. The van der Waals surface area contributed by atoms with Crippen molar-refractivity contribution in [1.29, 1.82) is 0 Å². The number of carbonyl (C=O) groups excluding carboxylic acids is 1. The number of carboxylic acids is 1. The van der Waals surface area contributed by atoms with Gasteiger partial charge in [-0.15, -0.1) is 0 Å². The third-order valence-electron chi connectivity index (χ3n) is 7.37. The summed E-state index contributed by atoms with van der Waals surface area (Å²) in [7, 11) is 0. The molecule has 26 heavy (non-hydrogen) atoms. The molecular weight excluding hydrogens is 328 g/mol.